The number of aromatic nitrogens is 3. The molecule has 0 saturated heterocycles. The minimum Gasteiger partial charge on any atom is -0.464 e. The Morgan fingerprint density at radius 3 is 2.62 bits per heavy atom. The first-order valence-electron chi connectivity index (χ1n) is 6.47. The number of anilines is 3. The lowest BCUT2D eigenvalue weighted by Crippen LogP contribution is -2.09. The van der Waals surface area contributed by atoms with Gasteiger partial charge in [0.2, 0.25) is 11.9 Å². The van der Waals surface area contributed by atoms with Crippen LogP contribution in [0.25, 0.3) is 0 Å². The highest BCUT2D eigenvalue weighted by molar-refractivity contribution is 14.1. The maximum atomic E-state index is 6.20. The number of nitrogens with one attached hydrogen (secondary N) is 2. The summed E-state index contributed by atoms with van der Waals surface area (Å²) in [5.41, 5.74) is 0.730. The van der Waals surface area contributed by atoms with Crippen molar-refractivity contribution in [3.63, 3.8) is 0 Å². The van der Waals surface area contributed by atoms with Crippen molar-refractivity contribution in [1.82, 2.24) is 15.0 Å². The van der Waals surface area contributed by atoms with Gasteiger partial charge >= 0.3 is 6.01 Å². The van der Waals surface area contributed by atoms with Crippen LogP contribution in [-0.4, -0.2) is 28.1 Å². The molecule has 0 bridgehead atoms. The van der Waals surface area contributed by atoms with E-state index in [9.17, 15) is 0 Å². The minimum absolute atomic E-state index is 0.271. The molecule has 0 spiro atoms. The molecular weight excluding hydrogens is 405 g/mol. The number of nitrogens with zero attached hydrogens (tertiary/aromatic N) is 3. The van der Waals surface area contributed by atoms with Crippen molar-refractivity contribution in [2.75, 3.05) is 23.8 Å². The SMILES string of the molecule is CCNc1nc(Nc2ccc(I)cc2Cl)nc(OCC)n1. The van der Waals surface area contributed by atoms with Crippen LogP contribution in [-0.2, 0) is 0 Å². The molecule has 0 unspecified atom stereocenters. The number of hydrogen-bond acceptors (Lipinski definition) is 6. The molecule has 1 heterocycles. The van der Waals surface area contributed by atoms with Crippen LogP contribution < -0.4 is 15.4 Å². The van der Waals surface area contributed by atoms with Crippen molar-refractivity contribution in [3.05, 3.63) is 26.8 Å². The van der Waals surface area contributed by atoms with E-state index >= 15 is 0 Å². The second-order valence-electron chi connectivity index (χ2n) is 3.98. The Hall–Kier alpha value is -1.35. The zero-order chi connectivity index (χ0) is 15.2. The van der Waals surface area contributed by atoms with E-state index in [1.54, 1.807) is 0 Å². The van der Waals surface area contributed by atoms with Gasteiger partial charge in [-0.15, -0.1) is 0 Å². The van der Waals surface area contributed by atoms with Crippen LogP contribution in [0.4, 0.5) is 17.6 Å². The standard InChI is InChI=1S/C13H15ClIN5O/c1-3-16-11-18-12(20-13(19-11)21-4-2)17-10-6-5-8(15)7-9(10)14/h5-7H,3-4H2,1-2H3,(H2,16,17,18,19,20). The van der Waals surface area contributed by atoms with E-state index in [2.05, 4.69) is 48.2 Å². The van der Waals surface area contributed by atoms with E-state index in [0.29, 0.717) is 30.1 Å². The largest absolute Gasteiger partial charge is 0.464 e. The molecule has 0 aliphatic heterocycles. The maximum absolute atomic E-state index is 6.20. The molecular formula is C13H15ClIN5O. The summed E-state index contributed by atoms with van der Waals surface area (Å²) < 4.78 is 6.40. The summed E-state index contributed by atoms with van der Waals surface area (Å²) in [6.07, 6.45) is 0. The van der Waals surface area contributed by atoms with Crippen LogP contribution in [0.15, 0.2) is 18.2 Å². The van der Waals surface area contributed by atoms with Gasteiger partial charge in [0.25, 0.3) is 0 Å². The average molecular weight is 420 g/mol. The summed E-state index contributed by atoms with van der Waals surface area (Å²) in [5.74, 6) is 0.840. The second-order valence-corrected chi connectivity index (χ2v) is 5.63. The third kappa shape index (κ3) is 4.57. The van der Waals surface area contributed by atoms with Crippen LogP contribution in [0.1, 0.15) is 13.8 Å². The van der Waals surface area contributed by atoms with Crippen molar-refractivity contribution >= 4 is 51.8 Å². The monoisotopic (exact) mass is 419 g/mol. The first-order chi connectivity index (χ1) is 10.1. The number of halogens is 2. The molecule has 2 rings (SSSR count). The quantitative estimate of drug-likeness (QED) is 0.696. The van der Waals surface area contributed by atoms with Crippen LogP contribution in [0, 0.1) is 3.57 Å². The molecule has 0 aliphatic rings. The Kier molecular flexibility index (Phi) is 5.80. The molecule has 0 amide bonds. The van der Waals surface area contributed by atoms with Gasteiger partial charge in [-0.1, -0.05) is 11.6 Å². The number of hydrogen-bond donors (Lipinski definition) is 2. The molecule has 2 aromatic rings. The Morgan fingerprint density at radius 2 is 1.95 bits per heavy atom. The Balaban J connectivity index is 2.29. The summed E-state index contributed by atoms with van der Waals surface area (Å²) in [7, 11) is 0. The number of benzene rings is 1. The summed E-state index contributed by atoms with van der Waals surface area (Å²) in [6, 6.07) is 5.96. The van der Waals surface area contributed by atoms with Gasteiger partial charge in [0.05, 0.1) is 17.3 Å². The topological polar surface area (TPSA) is 72.0 Å². The molecule has 112 valence electrons. The van der Waals surface area contributed by atoms with Gasteiger partial charge in [-0.2, -0.15) is 15.0 Å². The first-order valence-corrected chi connectivity index (χ1v) is 7.92. The molecule has 0 saturated carbocycles. The number of ether oxygens (including phenoxy) is 1. The maximum Gasteiger partial charge on any atom is 0.323 e. The van der Waals surface area contributed by atoms with Crippen molar-refractivity contribution in [3.8, 4) is 6.01 Å². The Labute approximate surface area is 141 Å². The zero-order valence-corrected chi connectivity index (χ0v) is 14.6. The van der Waals surface area contributed by atoms with Gasteiger partial charge in [-0.3, -0.25) is 0 Å². The van der Waals surface area contributed by atoms with Gasteiger partial charge in [-0.05, 0) is 54.6 Å². The average Bonchev–Trinajstić information content (AvgIpc) is 2.42. The van der Waals surface area contributed by atoms with Gasteiger partial charge in [0, 0.05) is 10.1 Å². The summed E-state index contributed by atoms with van der Waals surface area (Å²) in [4.78, 5) is 12.6. The predicted octanol–water partition coefficient (Wildman–Crippen LogP) is 3.70. The van der Waals surface area contributed by atoms with Crippen LogP contribution in [0.5, 0.6) is 6.01 Å². The summed E-state index contributed by atoms with van der Waals surface area (Å²) >= 11 is 8.40. The molecule has 0 aliphatic carbocycles. The molecule has 6 nitrogen and oxygen atoms in total. The highest BCUT2D eigenvalue weighted by Gasteiger charge is 2.09. The van der Waals surface area contributed by atoms with Gasteiger partial charge < -0.3 is 15.4 Å². The van der Waals surface area contributed by atoms with E-state index < -0.39 is 0 Å². The molecule has 0 atom stereocenters. The molecule has 1 aromatic heterocycles. The highest BCUT2D eigenvalue weighted by Crippen LogP contribution is 2.26. The summed E-state index contributed by atoms with van der Waals surface area (Å²) in [6.45, 7) is 5.03. The first kappa shape index (κ1) is 16.0. The fraction of sp³-hybridized carbons (Fsp3) is 0.308. The smallest absolute Gasteiger partial charge is 0.323 e. The lowest BCUT2D eigenvalue weighted by Gasteiger charge is -2.10. The Morgan fingerprint density at radius 1 is 1.19 bits per heavy atom. The third-order valence-electron chi connectivity index (χ3n) is 2.40. The van der Waals surface area contributed by atoms with Crippen LogP contribution in [0.2, 0.25) is 5.02 Å². The van der Waals surface area contributed by atoms with Crippen molar-refractivity contribution < 1.29 is 4.74 Å². The van der Waals surface area contributed by atoms with E-state index in [4.69, 9.17) is 16.3 Å². The molecule has 21 heavy (non-hydrogen) atoms. The molecule has 8 heteroatoms. The van der Waals surface area contributed by atoms with Crippen molar-refractivity contribution in [2.24, 2.45) is 0 Å². The van der Waals surface area contributed by atoms with Gasteiger partial charge in [0.1, 0.15) is 0 Å². The fourth-order valence-electron chi connectivity index (χ4n) is 1.55. The van der Waals surface area contributed by atoms with Crippen LogP contribution >= 0.6 is 34.2 Å². The van der Waals surface area contributed by atoms with E-state index in [-0.39, 0.29) is 6.01 Å². The molecule has 1 aromatic carbocycles. The molecule has 0 fully saturated rings. The highest BCUT2D eigenvalue weighted by atomic mass is 127. The van der Waals surface area contributed by atoms with Crippen LogP contribution in [0.3, 0.4) is 0 Å². The van der Waals surface area contributed by atoms with E-state index in [1.807, 2.05) is 32.0 Å². The normalized spacial score (nSPS) is 10.3. The van der Waals surface area contributed by atoms with E-state index in [1.165, 1.54) is 0 Å². The van der Waals surface area contributed by atoms with Gasteiger partial charge in [0.15, 0.2) is 0 Å². The van der Waals surface area contributed by atoms with Crippen molar-refractivity contribution in [1.29, 1.82) is 0 Å². The Bertz CT molecular complexity index is 601. The molecule has 2 N–H and O–H groups in total. The second kappa shape index (κ2) is 7.60. The van der Waals surface area contributed by atoms with E-state index in [0.717, 1.165) is 9.26 Å². The third-order valence-corrected chi connectivity index (χ3v) is 3.38. The number of rotatable bonds is 6. The molecule has 0 radical (unpaired) electrons. The lowest BCUT2D eigenvalue weighted by molar-refractivity contribution is 0.312. The lowest BCUT2D eigenvalue weighted by atomic mass is 10.3. The van der Waals surface area contributed by atoms with Crippen molar-refractivity contribution in [2.45, 2.75) is 13.8 Å². The minimum atomic E-state index is 0.271. The summed E-state index contributed by atoms with van der Waals surface area (Å²) in [5, 5.41) is 6.72. The fourth-order valence-corrected chi connectivity index (χ4v) is 2.46. The predicted molar refractivity (Wildman–Crippen MR) is 92.6 cm³/mol. The zero-order valence-electron chi connectivity index (χ0n) is 11.7. The van der Waals surface area contributed by atoms with Gasteiger partial charge in [-0.25, -0.2) is 0 Å².